The van der Waals surface area contributed by atoms with Gasteiger partial charge in [0.2, 0.25) is 5.91 Å². The first kappa shape index (κ1) is 13.3. The Balaban J connectivity index is 1.74. The van der Waals surface area contributed by atoms with E-state index in [-0.39, 0.29) is 0 Å². The van der Waals surface area contributed by atoms with Gasteiger partial charge in [0.1, 0.15) is 4.38 Å². The second-order valence-corrected chi connectivity index (χ2v) is 6.87. The van der Waals surface area contributed by atoms with E-state index in [4.69, 9.17) is 0 Å². The fourth-order valence-electron chi connectivity index (χ4n) is 2.06. The van der Waals surface area contributed by atoms with Crippen molar-refractivity contribution >= 4 is 33.8 Å². The van der Waals surface area contributed by atoms with Gasteiger partial charge in [0.05, 0.1) is 11.8 Å². The van der Waals surface area contributed by atoms with Gasteiger partial charge in [-0.05, 0) is 19.8 Å². The molecule has 0 N–H and O–H groups in total. The van der Waals surface area contributed by atoms with Crippen molar-refractivity contribution in [1.29, 1.82) is 0 Å². The van der Waals surface area contributed by atoms with Crippen molar-refractivity contribution in [2.75, 3.05) is 24.6 Å². The van der Waals surface area contributed by atoms with Gasteiger partial charge in [-0.1, -0.05) is 36.4 Å². The average Bonchev–Trinajstić information content (AvgIpc) is 2.58. The summed E-state index contributed by atoms with van der Waals surface area (Å²) >= 11 is 3.40. The highest BCUT2D eigenvalue weighted by Crippen LogP contribution is 2.26. The fraction of sp³-hybridized carbons (Fsp3) is 0.833. The van der Waals surface area contributed by atoms with Gasteiger partial charge in [-0.3, -0.25) is 9.79 Å². The molecule has 1 fully saturated rings. The predicted octanol–water partition coefficient (Wildman–Crippen LogP) is 2.61. The molecule has 3 nitrogen and oxygen atoms in total. The van der Waals surface area contributed by atoms with E-state index in [1.165, 1.54) is 25.7 Å². The number of amides is 1. The maximum atomic E-state index is 12.0. The summed E-state index contributed by atoms with van der Waals surface area (Å²) in [6.45, 7) is 4.03. The number of aliphatic imine (C=N–C) groups is 1. The molecule has 2 rings (SSSR count). The largest absolute Gasteiger partial charge is 0.342 e. The summed E-state index contributed by atoms with van der Waals surface area (Å²) in [5.41, 5.74) is 0. The van der Waals surface area contributed by atoms with Crippen LogP contribution in [0.4, 0.5) is 0 Å². The lowest BCUT2D eigenvalue weighted by Crippen LogP contribution is -2.33. The molecule has 0 bridgehead atoms. The number of nitrogens with zero attached hydrogens (tertiary/aromatic N) is 2. The molecule has 2 heterocycles. The normalized spacial score (nSPS) is 25.6. The number of likely N-dealkylation sites (tertiary alicyclic amines) is 1. The van der Waals surface area contributed by atoms with E-state index in [1.54, 1.807) is 23.5 Å². The Morgan fingerprint density at radius 2 is 2.12 bits per heavy atom. The standard InChI is InChI=1S/C12H20N2OS2/c1-10-8-16-12(13-10)17-9-11(15)14-6-4-2-3-5-7-14/h10H,2-9H2,1H3. The Morgan fingerprint density at radius 1 is 1.41 bits per heavy atom. The van der Waals surface area contributed by atoms with Crippen LogP contribution in [0.15, 0.2) is 4.99 Å². The zero-order valence-corrected chi connectivity index (χ0v) is 12.0. The van der Waals surface area contributed by atoms with Crippen molar-refractivity contribution in [3.8, 4) is 0 Å². The van der Waals surface area contributed by atoms with Crippen LogP contribution in [0, 0.1) is 0 Å². The summed E-state index contributed by atoms with van der Waals surface area (Å²) in [7, 11) is 0. The van der Waals surface area contributed by atoms with Crippen LogP contribution in [0.25, 0.3) is 0 Å². The minimum absolute atomic E-state index is 0.291. The second kappa shape index (κ2) is 6.69. The first-order chi connectivity index (χ1) is 8.25. The van der Waals surface area contributed by atoms with Crippen LogP contribution >= 0.6 is 23.5 Å². The summed E-state index contributed by atoms with van der Waals surface area (Å²) < 4.78 is 1.10. The second-order valence-electron chi connectivity index (χ2n) is 4.64. The third kappa shape index (κ3) is 4.21. The SMILES string of the molecule is CC1CSC(SCC(=O)N2CCCCCC2)=N1. The van der Waals surface area contributed by atoms with Crippen molar-refractivity contribution in [2.45, 2.75) is 38.6 Å². The van der Waals surface area contributed by atoms with Gasteiger partial charge in [-0.25, -0.2) is 0 Å². The van der Waals surface area contributed by atoms with Crippen molar-refractivity contribution < 1.29 is 4.79 Å². The molecule has 2 aliphatic heterocycles. The Hall–Kier alpha value is -0.160. The molecule has 0 aromatic rings. The monoisotopic (exact) mass is 272 g/mol. The molecule has 0 radical (unpaired) electrons. The van der Waals surface area contributed by atoms with Crippen LogP contribution in [-0.4, -0.2) is 45.8 Å². The number of carbonyl (C=O) groups is 1. The van der Waals surface area contributed by atoms with Gasteiger partial charge >= 0.3 is 0 Å². The molecule has 1 unspecified atom stereocenters. The molecule has 2 aliphatic rings. The number of hydrogen-bond donors (Lipinski definition) is 0. The van der Waals surface area contributed by atoms with E-state index in [9.17, 15) is 4.79 Å². The van der Waals surface area contributed by atoms with E-state index < -0.39 is 0 Å². The fourth-order valence-corrected chi connectivity index (χ4v) is 4.17. The maximum absolute atomic E-state index is 12.0. The van der Waals surface area contributed by atoms with Crippen molar-refractivity contribution in [2.24, 2.45) is 4.99 Å². The van der Waals surface area contributed by atoms with Crippen LogP contribution < -0.4 is 0 Å². The molecule has 96 valence electrons. The highest BCUT2D eigenvalue weighted by atomic mass is 32.2. The lowest BCUT2D eigenvalue weighted by atomic mass is 10.2. The summed E-state index contributed by atoms with van der Waals surface area (Å²) in [4.78, 5) is 18.6. The molecule has 0 spiro atoms. The van der Waals surface area contributed by atoms with Gasteiger partial charge in [0.25, 0.3) is 0 Å². The zero-order chi connectivity index (χ0) is 12.1. The lowest BCUT2D eigenvalue weighted by Gasteiger charge is -2.19. The van der Waals surface area contributed by atoms with E-state index in [0.29, 0.717) is 17.7 Å². The number of carbonyl (C=O) groups excluding carboxylic acids is 1. The minimum Gasteiger partial charge on any atom is -0.342 e. The van der Waals surface area contributed by atoms with Gasteiger partial charge in [-0.15, -0.1) is 0 Å². The quantitative estimate of drug-likeness (QED) is 0.774. The molecule has 0 aliphatic carbocycles. The number of hydrogen-bond acceptors (Lipinski definition) is 4. The maximum Gasteiger partial charge on any atom is 0.233 e. The Labute approximate surface area is 112 Å². The molecule has 5 heteroatoms. The molecule has 1 saturated heterocycles. The van der Waals surface area contributed by atoms with E-state index >= 15 is 0 Å². The predicted molar refractivity (Wildman–Crippen MR) is 76.9 cm³/mol. The lowest BCUT2D eigenvalue weighted by molar-refractivity contribution is -0.128. The average molecular weight is 272 g/mol. The van der Waals surface area contributed by atoms with Crippen LogP contribution in [0.2, 0.25) is 0 Å². The summed E-state index contributed by atoms with van der Waals surface area (Å²) in [6.07, 6.45) is 4.89. The minimum atomic E-state index is 0.291. The van der Waals surface area contributed by atoms with Crippen molar-refractivity contribution in [1.82, 2.24) is 4.90 Å². The highest BCUT2D eigenvalue weighted by Gasteiger charge is 2.19. The number of rotatable bonds is 2. The van der Waals surface area contributed by atoms with Crippen LogP contribution in [0.3, 0.4) is 0 Å². The van der Waals surface area contributed by atoms with E-state index in [1.807, 2.05) is 4.90 Å². The number of thioether (sulfide) groups is 2. The first-order valence-electron chi connectivity index (χ1n) is 6.37. The first-order valence-corrected chi connectivity index (χ1v) is 8.34. The van der Waals surface area contributed by atoms with Crippen molar-refractivity contribution in [3.63, 3.8) is 0 Å². The topological polar surface area (TPSA) is 32.7 Å². The van der Waals surface area contributed by atoms with Gasteiger partial charge in [0.15, 0.2) is 0 Å². The molecule has 1 amide bonds. The molecular formula is C12H20N2OS2. The van der Waals surface area contributed by atoms with E-state index in [2.05, 4.69) is 11.9 Å². The molecular weight excluding hydrogens is 252 g/mol. The van der Waals surface area contributed by atoms with Crippen LogP contribution in [0.5, 0.6) is 0 Å². The highest BCUT2D eigenvalue weighted by molar-refractivity contribution is 8.39. The van der Waals surface area contributed by atoms with Crippen LogP contribution in [0.1, 0.15) is 32.6 Å². The summed E-state index contributed by atoms with van der Waals surface area (Å²) in [5, 5.41) is 0. The van der Waals surface area contributed by atoms with Crippen molar-refractivity contribution in [3.05, 3.63) is 0 Å². The Kier molecular flexibility index (Phi) is 5.22. The van der Waals surface area contributed by atoms with Gasteiger partial charge in [0, 0.05) is 18.8 Å². The zero-order valence-electron chi connectivity index (χ0n) is 10.4. The molecule has 17 heavy (non-hydrogen) atoms. The third-order valence-corrected chi connectivity index (χ3v) is 5.50. The van der Waals surface area contributed by atoms with E-state index in [0.717, 1.165) is 23.2 Å². The Bertz CT molecular complexity index is 299. The molecule has 1 atom stereocenters. The van der Waals surface area contributed by atoms with Crippen LogP contribution in [-0.2, 0) is 4.79 Å². The molecule has 0 aromatic carbocycles. The summed E-state index contributed by atoms with van der Waals surface area (Å²) in [6, 6.07) is 0.427. The van der Waals surface area contributed by atoms with Gasteiger partial charge in [-0.2, -0.15) is 0 Å². The molecule has 0 saturated carbocycles. The Morgan fingerprint density at radius 3 is 2.71 bits per heavy atom. The smallest absolute Gasteiger partial charge is 0.233 e. The summed E-state index contributed by atoms with van der Waals surface area (Å²) in [5.74, 6) is 1.93. The molecule has 0 aromatic heterocycles. The third-order valence-electron chi connectivity index (χ3n) is 3.05. The van der Waals surface area contributed by atoms with Gasteiger partial charge < -0.3 is 4.90 Å².